The minimum absolute atomic E-state index is 0.172. The summed E-state index contributed by atoms with van der Waals surface area (Å²) in [7, 11) is 0. The lowest BCUT2D eigenvalue weighted by atomic mass is 9.97. The minimum atomic E-state index is -1.45. The average molecular weight is 446 g/mol. The molecule has 0 aromatic rings. The lowest BCUT2D eigenvalue weighted by Gasteiger charge is -2.27. The van der Waals surface area contributed by atoms with Gasteiger partial charge in [-0.3, -0.25) is 19.2 Å². The lowest BCUT2D eigenvalue weighted by molar-refractivity contribution is -0.143. The molecule has 0 bridgehead atoms. The Morgan fingerprint density at radius 3 is 1.90 bits per heavy atom. The van der Waals surface area contributed by atoms with Crippen LogP contribution < -0.4 is 27.4 Å². The number of nitrogens with one attached hydrogen (secondary N) is 3. The van der Waals surface area contributed by atoms with Gasteiger partial charge in [0.1, 0.15) is 18.1 Å². The summed E-state index contributed by atoms with van der Waals surface area (Å²) in [5.41, 5.74) is 10.9. The second-order valence-electron chi connectivity index (χ2n) is 7.50. The number of unbranched alkanes of at least 4 members (excludes halogenated alkanes) is 1. The molecule has 0 rings (SSSR count). The standard InChI is InChI=1S/C19H35N5O7/c1-4-10(2)15(18(29)22-12(19(30)31)7-5-6-8-20)24-17(28)13(9-14(25)26)23-16(27)11(3)21/h10-13,15H,4-9,20-21H2,1-3H3,(H,22,29)(H,23,27)(H,24,28)(H,25,26)(H,30,31). The predicted octanol–water partition coefficient (Wildman–Crippen LogP) is -1.48. The Morgan fingerprint density at radius 1 is 0.871 bits per heavy atom. The minimum Gasteiger partial charge on any atom is -0.481 e. The van der Waals surface area contributed by atoms with Crippen molar-refractivity contribution < 1.29 is 34.2 Å². The molecule has 9 N–H and O–H groups in total. The Bertz CT molecular complexity index is 641. The third-order valence-electron chi connectivity index (χ3n) is 4.78. The van der Waals surface area contributed by atoms with Crippen molar-refractivity contribution in [2.24, 2.45) is 17.4 Å². The molecule has 31 heavy (non-hydrogen) atoms. The fourth-order valence-corrected chi connectivity index (χ4v) is 2.65. The summed E-state index contributed by atoms with van der Waals surface area (Å²) in [6, 6.07) is -4.70. The van der Waals surface area contributed by atoms with Gasteiger partial charge in [-0.05, 0) is 38.6 Å². The van der Waals surface area contributed by atoms with E-state index in [1.165, 1.54) is 6.92 Å². The molecule has 0 saturated carbocycles. The van der Waals surface area contributed by atoms with E-state index in [0.717, 1.165) is 0 Å². The first-order valence-corrected chi connectivity index (χ1v) is 10.3. The molecule has 0 aliphatic rings. The molecule has 0 radical (unpaired) electrons. The molecule has 0 fully saturated rings. The van der Waals surface area contributed by atoms with Crippen LogP contribution >= 0.6 is 0 Å². The zero-order valence-electron chi connectivity index (χ0n) is 18.2. The highest BCUT2D eigenvalue weighted by atomic mass is 16.4. The molecule has 12 nitrogen and oxygen atoms in total. The number of nitrogens with two attached hydrogens (primary N) is 2. The van der Waals surface area contributed by atoms with Gasteiger partial charge in [-0.1, -0.05) is 20.3 Å². The quantitative estimate of drug-likeness (QED) is 0.146. The Hall–Kier alpha value is -2.73. The Kier molecular flexibility index (Phi) is 13.0. The maximum atomic E-state index is 12.8. The molecule has 0 saturated heterocycles. The summed E-state index contributed by atoms with van der Waals surface area (Å²) in [6.45, 7) is 5.22. The molecule has 5 unspecified atom stereocenters. The number of hydrogen-bond donors (Lipinski definition) is 7. The molecular weight excluding hydrogens is 410 g/mol. The zero-order chi connectivity index (χ0) is 24.1. The fraction of sp³-hybridized carbons (Fsp3) is 0.737. The highest BCUT2D eigenvalue weighted by Gasteiger charge is 2.33. The van der Waals surface area contributed by atoms with Crippen molar-refractivity contribution in [3.63, 3.8) is 0 Å². The maximum absolute atomic E-state index is 12.8. The van der Waals surface area contributed by atoms with Crippen molar-refractivity contribution in [3.05, 3.63) is 0 Å². The molecular formula is C19H35N5O7. The average Bonchev–Trinajstić information content (AvgIpc) is 2.69. The topological polar surface area (TPSA) is 214 Å². The van der Waals surface area contributed by atoms with Gasteiger partial charge in [0.15, 0.2) is 0 Å². The van der Waals surface area contributed by atoms with Crippen LogP contribution in [-0.4, -0.2) is 70.6 Å². The van der Waals surface area contributed by atoms with Gasteiger partial charge in [0.25, 0.3) is 0 Å². The van der Waals surface area contributed by atoms with Gasteiger partial charge in [0, 0.05) is 0 Å². The number of carbonyl (C=O) groups excluding carboxylic acids is 3. The van der Waals surface area contributed by atoms with Crippen LogP contribution in [0.3, 0.4) is 0 Å². The zero-order valence-corrected chi connectivity index (χ0v) is 18.2. The molecule has 178 valence electrons. The number of aliphatic carboxylic acids is 2. The number of amides is 3. The van der Waals surface area contributed by atoms with Gasteiger partial charge in [0.2, 0.25) is 17.7 Å². The SMILES string of the molecule is CCC(C)C(NC(=O)C(CC(=O)O)NC(=O)C(C)N)C(=O)NC(CCCCN)C(=O)O. The van der Waals surface area contributed by atoms with E-state index in [2.05, 4.69) is 16.0 Å². The van der Waals surface area contributed by atoms with Gasteiger partial charge >= 0.3 is 11.9 Å². The second kappa shape index (κ2) is 14.3. The van der Waals surface area contributed by atoms with Gasteiger partial charge in [-0.2, -0.15) is 0 Å². The maximum Gasteiger partial charge on any atom is 0.326 e. The van der Waals surface area contributed by atoms with E-state index in [-0.39, 0.29) is 6.42 Å². The molecule has 0 spiro atoms. The lowest BCUT2D eigenvalue weighted by Crippen LogP contribution is -2.58. The van der Waals surface area contributed by atoms with Crippen LogP contribution in [-0.2, 0) is 24.0 Å². The van der Waals surface area contributed by atoms with E-state index < -0.39 is 66.2 Å². The fourth-order valence-electron chi connectivity index (χ4n) is 2.65. The van der Waals surface area contributed by atoms with Crippen molar-refractivity contribution in [1.82, 2.24) is 16.0 Å². The smallest absolute Gasteiger partial charge is 0.326 e. The van der Waals surface area contributed by atoms with Crippen LogP contribution in [0.1, 0.15) is 52.9 Å². The van der Waals surface area contributed by atoms with E-state index >= 15 is 0 Å². The highest BCUT2D eigenvalue weighted by molar-refractivity contribution is 5.95. The molecule has 12 heteroatoms. The summed E-state index contributed by atoms with van der Waals surface area (Å²) in [4.78, 5) is 59.8. The van der Waals surface area contributed by atoms with E-state index in [1.54, 1.807) is 13.8 Å². The first-order chi connectivity index (χ1) is 14.4. The number of rotatable bonds is 15. The third kappa shape index (κ3) is 10.7. The Morgan fingerprint density at radius 2 is 1.45 bits per heavy atom. The molecule has 3 amide bonds. The molecule has 0 aromatic heterocycles. The first-order valence-electron chi connectivity index (χ1n) is 10.3. The number of carboxylic acids is 2. The molecule has 0 aliphatic carbocycles. The van der Waals surface area contributed by atoms with Crippen LogP contribution in [0, 0.1) is 5.92 Å². The van der Waals surface area contributed by atoms with Gasteiger partial charge in [0.05, 0.1) is 12.5 Å². The molecule has 0 aromatic carbocycles. The van der Waals surface area contributed by atoms with Gasteiger partial charge in [-0.15, -0.1) is 0 Å². The summed E-state index contributed by atoms with van der Waals surface area (Å²) < 4.78 is 0. The third-order valence-corrected chi connectivity index (χ3v) is 4.78. The molecule has 0 heterocycles. The number of carboxylic acid groups (broad SMARTS) is 2. The Labute approximate surface area is 181 Å². The molecule has 0 aliphatic heterocycles. The number of carbonyl (C=O) groups is 5. The van der Waals surface area contributed by atoms with Crippen molar-refractivity contribution in [2.75, 3.05) is 6.54 Å². The van der Waals surface area contributed by atoms with Crippen molar-refractivity contribution >= 4 is 29.7 Å². The van der Waals surface area contributed by atoms with E-state index in [0.29, 0.717) is 25.8 Å². The van der Waals surface area contributed by atoms with E-state index in [9.17, 15) is 29.1 Å². The summed E-state index contributed by atoms with van der Waals surface area (Å²) >= 11 is 0. The monoisotopic (exact) mass is 445 g/mol. The van der Waals surface area contributed by atoms with Crippen molar-refractivity contribution in [3.8, 4) is 0 Å². The van der Waals surface area contributed by atoms with Crippen molar-refractivity contribution in [1.29, 1.82) is 0 Å². The molecule has 5 atom stereocenters. The van der Waals surface area contributed by atoms with Crippen LogP contribution in [0.2, 0.25) is 0 Å². The first kappa shape index (κ1) is 28.3. The summed E-state index contributed by atoms with van der Waals surface area (Å²) in [5, 5.41) is 25.5. The van der Waals surface area contributed by atoms with Crippen LogP contribution in [0.15, 0.2) is 0 Å². The predicted molar refractivity (Wildman–Crippen MR) is 112 cm³/mol. The normalized spacial score (nSPS) is 15.6. The van der Waals surface area contributed by atoms with Gasteiger partial charge < -0.3 is 37.6 Å². The van der Waals surface area contributed by atoms with Gasteiger partial charge in [-0.25, -0.2) is 4.79 Å². The number of hydrogen-bond acceptors (Lipinski definition) is 7. The second-order valence-corrected chi connectivity index (χ2v) is 7.50. The highest BCUT2D eigenvalue weighted by Crippen LogP contribution is 2.11. The van der Waals surface area contributed by atoms with Crippen LogP contribution in [0.25, 0.3) is 0 Å². The van der Waals surface area contributed by atoms with Crippen molar-refractivity contribution in [2.45, 2.75) is 77.0 Å². The van der Waals surface area contributed by atoms with E-state index in [1.807, 2.05) is 0 Å². The van der Waals surface area contributed by atoms with Crippen LogP contribution in [0.4, 0.5) is 0 Å². The van der Waals surface area contributed by atoms with E-state index in [4.69, 9.17) is 16.6 Å². The van der Waals surface area contributed by atoms with Crippen LogP contribution in [0.5, 0.6) is 0 Å². The Balaban J connectivity index is 5.44. The largest absolute Gasteiger partial charge is 0.481 e. The summed E-state index contributed by atoms with van der Waals surface area (Å²) in [5.74, 6) is -5.26. The summed E-state index contributed by atoms with van der Waals surface area (Å²) in [6.07, 6.45) is 1.03.